The maximum Gasteiger partial charge on any atom is 0.258 e. The molecule has 0 unspecified atom stereocenters. The highest BCUT2D eigenvalue weighted by Crippen LogP contribution is 2.32. The predicted molar refractivity (Wildman–Crippen MR) is 89.1 cm³/mol. The Labute approximate surface area is 137 Å². The van der Waals surface area contributed by atoms with Crippen LogP contribution in [-0.2, 0) is 9.53 Å². The molecule has 0 radical (unpaired) electrons. The first kappa shape index (κ1) is 15.3. The summed E-state index contributed by atoms with van der Waals surface area (Å²) in [5.41, 5.74) is 0. The first-order chi connectivity index (χ1) is 10.7. The van der Waals surface area contributed by atoms with Crippen LogP contribution >= 0.6 is 15.9 Å². The lowest BCUT2D eigenvalue weighted by Crippen LogP contribution is -2.35. The zero-order valence-electron chi connectivity index (χ0n) is 12.2. The number of halogens is 1. The molecule has 0 saturated carbocycles. The van der Waals surface area contributed by atoms with E-state index in [0.29, 0.717) is 12.3 Å². The molecular formula is C17H18BrNO3. The highest BCUT2D eigenvalue weighted by molar-refractivity contribution is 9.10. The van der Waals surface area contributed by atoms with E-state index in [0.717, 1.165) is 34.7 Å². The molecule has 2 aromatic carbocycles. The lowest BCUT2D eigenvalue weighted by atomic mass is 10.1. The fourth-order valence-electron chi connectivity index (χ4n) is 2.55. The molecule has 116 valence electrons. The molecule has 1 fully saturated rings. The van der Waals surface area contributed by atoms with Gasteiger partial charge in [0.25, 0.3) is 5.91 Å². The van der Waals surface area contributed by atoms with Crippen molar-refractivity contribution in [1.82, 2.24) is 5.32 Å². The van der Waals surface area contributed by atoms with Crippen LogP contribution in [-0.4, -0.2) is 31.8 Å². The number of nitrogens with one attached hydrogen (secondary N) is 1. The maximum absolute atomic E-state index is 11.8. The molecule has 1 saturated heterocycles. The average Bonchev–Trinajstić information content (AvgIpc) is 3.06. The van der Waals surface area contributed by atoms with E-state index < -0.39 is 0 Å². The first-order valence-corrected chi connectivity index (χ1v) is 8.21. The van der Waals surface area contributed by atoms with Gasteiger partial charge in [-0.25, -0.2) is 0 Å². The maximum atomic E-state index is 11.8. The Bertz CT molecular complexity index is 668. The van der Waals surface area contributed by atoms with Crippen LogP contribution in [0.1, 0.15) is 12.8 Å². The second-order valence-electron chi connectivity index (χ2n) is 5.33. The normalized spacial score (nSPS) is 17.6. The molecule has 1 amide bonds. The number of carbonyl (C=O) groups is 1. The predicted octanol–water partition coefficient (Wildman–Crippen LogP) is 3.28. The van der Waals surface area contributed by atoms with Gasteiger partial charge >= 0.3 is 0 Å². The van der Waals surface area contributed by atoms with Gasteiger partial charge in [-0.2, -0.15) is 0 Å². The van der Waals surface area contributed by atoms with Crippen LogP contribution in [0.5, 0.6) is 5.75 Å². The van der Waals surface area contributed by atoms with E-state index in [2.05, 4.69) is 21.2 Å². The fraction of sp³-hybridized carbons (Fsp3) is 0.353. The van der Waals surface area contributed by atoms with E-state index in [-0.39, 0.29) is 18.6 Å². The minimum Gasteiger partial charge on any atom is -0.483 e. The Morgan fingerprint density at radius 3 is 3.00 bits per heavy atom. The van der Waals surface area contributed by atoms with Crippen LogP contribution in [0, 0.1) is 0 Å². The van der Waals surface area contributed by atoms with Crippen molar-refractivity contribution in [1.29, 1.82) is 0 Å². The molecule has 0 spiro atoms. The van der Waals surface area contributed by atoms with Crippen molar-refractivity contribution in [2.24, 2.45) is 0 Å². The lowest BCUT2D eigenvalue weighted by molar-refractivity contribution is -0.123. The number of rotatable bonds is 5. The number of amides is 1. The summed E-state index contributed by atoms with van der Waals surface area (Å²) in [6.45, 7) is 1.35. The summed E-state index contributed by atoms with van der Waals surface area (Å²) in [5, 5.41) is 5.05. The summed E-state index contributed by atoms with van der Waals surface area (Å²) in [4.78, 5) is 11.8. The number of hydrogen-bond donors (Lipinski definition) is 1. The molecule has 1 aliphatic heterocycles. The molecule has 1 heterocycles. The molecule has 4 nitrogen and oxygen atoms in total. The molecule has 1 atom stereocenters. The van der Waals surface area contributed by atoms with Gasteiger partial charge in [-0.15, -0.1) is 0 Å². The number of ether oxygens (including phenoxy) is 2. The van der Waals surface area contributed by atoms with Crippen molar-refractivity contribution in [3.63, 3.8) is 0 Å². The van der Waals surface area contributed by atoms with Crippen LogP contribution in [0.25, 0.3) is 10.8 Å². The average molecular weight is 364 g/mol. The van der Waals surface area contributed by atoms with Crippen molar-refractivity contribution in [2.45, 2.75) is 18.9 Å². The minimum atomic E-state index is -0.129. The third-order valence-electron chi connectivity index (χ3n) is 3.74. The molecule has 5 heteroatoms. The van der Waals surface area contributed by atoms with E-state index in [1.165, 1.54) is 0 Å². The van der Waals surface area contributed by atoms with Gasteiger partial charge in [-0.05, 0) is 45.6 Å². The van der Waals surface area contributed by atoms with E-state index in [9.17, 15) is 4.79 Å². The largest absolute Gasteiger partial charge is 0.483 e. The minimum absolute atomic E-state index is 0.00363. The van der Waals surface area contributed by atoms with Gasteiger partial charge in [0.2, 0.25) is 0 Å². The Morgan fingerprint density at radius 1 is 1.32 bits per heavy atom. The van der Waals surface area contributed by atoms with Crippen LogP contribution in [0.4, 0.5) is 0 Å². The third-order valence-corrected chi connectivity index (χ3v) is 4.56. The molecular weight excluding hydrogens is 346 g/mol. The second-order valence-corrected chi connectivity index (χ2v) is 6.12. The summed E-state index contributed by atoms with van der Waals surface area (Å²) < 4.78 is 12.0. The fourth-order valence-corrected chi connectivity index (χ4v) is 3.16. The molecule has 3 rings (SSSR count). The van der Waals surface area contributed by atoms with E-state index in [4.69, 9.17) is 9.47 Å². The van der Waals surface area contributed by atoms with Crippen molar-refractivity contribution >= 4 is 32.6 Å². The SMILES string of the molecule is O=C(COc1ccc2ccccc2c1Br)NC[C@@H]1CCCO1. The molecule has 2 aromatic rings. The summed E-state index contributed by atoms with van der Waals surface area (Å²) in [6, 6.07) is 11.9. The van der Waals surface area contributed by atoms with Gasteiger partial charge in [0, 0.05) is 13.2 Å². The number of hydrogen-bond acceptors (Lipinski definition) is 3. The van der Waals surface area contributed by atoms with Gasteiger partial charge < -0.3 is 14.8 Å². The van der Waals surface area contributed by atoms with Crippen LogP contribution in [0.15, 0.2) is 40.9 Å². The summed E-state index contributed by atoms with van der Waals surface area (Å²) in [6.07, 6.45) is 2.23. The van der Waals surface area contributed by atoms with Crippen molar-refractivity contribution in [2.75, 3.05) is 19.8 Å². The molecule has 22 heavy (non-hydrogen) atoms. The second kappa shape index (κ2) is 7.11. The zero-order valence-corrected chi connectivity index (χ0v) is 13.8. The molecule has 1 N–H and O–H groups in total. The van der Waals surface area contributed by atoms with Crippen molar-refractivity contribution < 1.29 is 14.3 Å². The van der Waals surface area contributed by atoms with Crippen LogP contribution in [0.3, 0.4) is 0 Å². The standard InChI is InChI=1S/C17H18BrNO3/c18-17-14-6-2-1-4-12(14)7-8-15(17)22-11-16(20)19-10-13-5-3-9-21-13/h1-2,4,6-8,13H,3,5,9-11H2,(H,19,20)/t13-/m0/s1. The molecule has 1 aliphatic rings. The monoisotopic (exact) mass is 363 g/mol. The van der Waals surface area contributed by atoms with E-state index >= 15 is 0 Å². The highest BCUT2D eigenvalue weighted by atomic mass is 79.9. The van der Waals surface area contributed by atoms with Crippen LogP contribution < -0.4 is 10.1 Å². The van der Waals surface area contributed by atoms with Gasteiger partial charge in [-0.3, -0.25) is 4.79 Å². The van der Waals surface area contributed by atoms with Crippen molar-refractivity contribution in [3.8, 4) is 5.75 Å². The smallest absolute Gasteiger partial charge is 0.258 e. The Kier molecular flexibility index (Phi) is 4.95. The van der Waals surface area contributed by atoms with Crippen LogP contribution in [0.2, 0.25) is 0 Å². The quantitative estimate of drug-likeness (QED) is 0.886. The first-order valence-electron chi connectivity index (χ1n) is 7.42. The number of carbonyl (C=O) groups excluding carboxylic acids is 1. The third kappa shape index (κ3) is 3.59. The topological polar surface area (TPSA) is 47.6 Å². The lowest BCUT2D eigenvalue weighted by Gasteiger charge is -2.12. The zero-order chi connectivity index (χ0) is 15.4. The van der Waals surface area contributed by atoms with E-state index in [1.54, 1.807) is 0 Å². The van der Waals surface area contributed by atoms with Crippen molar-refractivity contribution in [3.05, 3.63) is 40.9 Å². The Balaban J connectivity index is 1.56. The van der Waals surface area contributed by atoms with Gasteiger partial charge in [0.05, 0.1) is 10.6 Å². The van der Waals surface area contributed by atoms with Gasteiger partial charge in [0.15, 0.2) is 6.61 Å². The van der Waals surface area contributed by atoms with E-state index in [1.807, 2.05) is 36.4 Å². The summed E-state index contributed by atoms with van der Waals surface area (Å²) in [7, 11) is 0. The summed E-state index contributed by atoms with van der Waals surface area (Å²) >= 11 is 3.55. The molecule has 0 bridgehead atoms. The summed E-state index contributed by atoms with van der Waals surface area (Å²) in [5.74, 6) is 0.543. The number of fused-ring (bicyclic) bond motifs is 1. The Morgan fingerprint density at radius 2 is 2.18 bits per heavy atom. The molecule has 0 aromatic heterocycles. The molecule has 0 aliphatic carbocycles. The van der Waals surface area contributed by atoms with Gasteiger partial charge in [0.1, 0.15) is 5.75 Å². The number of benzene rings is 2. The Hall–Kier alpha value is -1.59. The highest BCUT2D eigenvalue weighted by Gasteiger charge is 2.16. The van der Waals surface area contributed by atoms with Gasteiger partial charge in [-0.1, -0.05) is 30.3 Å².